The number of amides is 1. The van der Waals surface area contributed by atoms with Crippen molar-refractivity contribution in [2.75, 3.05) is 7.11 Å². The van der Waals surface area contributed by atoms with Crippen molar-refractivity contribution in [3.8, 4) is 11.8 Å². The number of nitrogens with zero attached hydrogens (tertiary/aromatic N) is 1. The Hall–Kier alpha value is -2.02. The summed E-state index contributed by atoms with van der Waals surface area (Å²) in [5.74, 6) is 0.377. The lowest BCUT2D eigenvalue weighted by Crippen LogP contribution is -2.42. The van der Waals surface area contributed by atoms with E-state index in [4.69, 9.17) is 10.00 Å². The van der Waals surface area contributed by atoms with Crippen LogP contribution in [0.25, 0.3) is 0 Å². The van der Waals surface area contributed by atoms with E-state index in [0.717, 1.165) is 5.56 Å². The third kappa shape index (κ3) is 3.22. The highest BCUT2D eigenvalue weighted by molar-refractivity contribution is 5.95. The lowest BCUT2D eigenvalue weighted by atomic mass is 10.1. The van der Waals surface area contributed by atoms with Crippen molar-refractivity contribution >= 4 is 5.91 Å². The summed E-state index contributed by atoms with van der Waals surface area (Å²) in [4.78, 5) is 11.9. The number of nitriles is 1. The highest BCUT2D eigenvalue weighted by Gasteiger charge is 2.20. The maximum atomic E-state index is 11.9. The predicted octanol–water partition coefficient (Wildman–Crippen LogP) is 2.04. The maximum Gasteiger partial charge on any atom is 0.252 e. The molecule has 0 aliphatic carbocycles. The number of methoxy groups -OCH3 is 1. The van der Waals surface area contributed by atoms with Crippen molar-refractivity contribution in [3.63, 3.8) is 0 Å². The molecule has 0 aliphatic rings. The molecule has 1 N–H and O–H groups in total. The summed E-state index contributed by atoms with van der Waals surface area (Å²) in [6.45, 7) is 5.20. The Morgan fingerprint density at radius 3 is 2.65 bits per heavy atom. The van der Waals surface area contributed by atoms with Crippen molar-refractivity contribution < 1.29 is 9.53 Å². The van der Waals surface area contributed by atoms with Crippen LogP contribution in [0.4, 0.5) is 0 Å². The summed E-state index contributed by atoms with van der Waals surface area (Å²) in [5.41, 5.74) is 0.564. The van der Waals surface area contributed by atoms with Gasteiger partial charge in [-0.3, -0.25) is 4.79 Å². The van der Waals surface area contributed by atoms with Crippen molar-refractivity contribution in [1.82, 2.24) is 5.32 Å². The molecule has 17 heavy (non-hydrogen) atoms. The van der Waals surface area contributed by atoms with Crippen LogP contribution in [0.3, 0.4) is 0 Å². The molecule has 0 saturated carbocycles. The van der Waals surface area contributed by atoms with E-state index in [2.05, 4.69) is 5.32 Å². The summed E-state index contributed by atoms with van der Waals surface area (Å²) >= 11 is 0. The number of aryl methyl sites for hydroxylation is 1. The summed E-state index contributed by atoms with van der Waals surface area (Å²) in [5, 5.41) is 11.5. The smallest absolute Gasteiger partial charge is 0.252 e. The zero-order valence-corrected chi connectivity index (χ0v) is 10.5. The number of hydrogen-bond acceptors (Lipinski definition) is 3. The second kappa shape index (κ2) is 4.88. The van der Waals surface area contributed by atoms with Gasteiger partial charge in [-0.1, -0.05) is 6.07 Å². The van der Waals surface area contributed by atoms with Gasteiger partial charge in [0.2, 0.25) is 0 Å². The molecule has 0 fully saturated rings. The van der Waals surface area contributed by atoms with Gasteiger partial charge in [0.1, 0.15) is 11.3 Å². The Morgan fingerprint density at radius 1 is 1.47 bits per heavy atom. The Morgan fingerprint density at radius 2 is 2.12 bits per heavy atom. The number of benzene rings is 1. The van der Waals surface area contributed by atoms with Crippen molar-refractivity contribution in [1.29, 1.82) is 5.26 Å². The van der Waals surface area contributed by atoms with Crippen LogP contribution < -0.4 is 10.1 Å². The first kappa shape index (κ1) is 13.0. The second-order valence-corrected chi connectivity index (χ2v) is 4.38. The molecule has 0 atom stereocenters. The topological polar surface area (TPSA) is 62.1 Å². The number of carbonyl (C=O) groups is 1. The van der Waals surface area contributed by atoms with E-state index in [0.29, 0.717) is 11.3 Å². The number of hydrogen-bond donors (Lipinski definition) is 1. The first-order valence-corrected chi connectivity index (χ1v) is 5.28. The van der Waals surface area contributed by atoms with Crippen molar-refractivity contribution in [3.05, 3.63) is 29.3 Å². The Labute approximate surface area is 101 Å². The molecule has 1 aromatic rings. The highest BCUT2D eigenvalue weighted by atomic mass is 16.5. The standard InChI is InChI=1S/C13H16N2O2/c1-9-5-6-10(7-11(9)17-4)12(16)15-13(2,3)8-14/h5-7H,1-4H3,(H,15,16). The van der Waals surface area contributed by atoms with Gasteiger partial charge >= 0.3 is 0 Å². The molecule has 0 heterocycles. The molecule has 1 rings (SSSR count). The molecule has 0 bridgehead atoms. The number of ether oxygens (including phenoxy) is 1. The first-order chi connectivity index (χ1) is 7.89. The third-order valence-corrected chi connectivity index (χ3v) is 2.38. The Bertz CT molecular complexity index is 473. The molecule has 1 amide bonds. The molecular formula is C13H16N2O2. The molecule has 0 aromatic heterocycles. The summed E-state index contributed by atoms with van der Waals surface area (Å²) in [6, 6.07) is 7.21. The van der Waals surface area contributed by atoms with Gasteiger partial charge < -0.3 is 10.1 Å². The van der Waals surface area contributed by atoms with E-state index in [1.165, 1.54) is 0 Å². The molecule has 4 nitrogen and oxygen atoms in total. The van der Waals surface area contributed by atoms with Gasteiger partial charge in [0.05, 0.1) is 13.2 Å². The van der Waals surface area contributed by atoms with Crippen LogP contribution in [0, 0.1) is 18.3 Å². The molecule has 1 aromatic carbocycles. The normalized spacial score (nSPS) is 10.5. The minimum Gasteiger partial charge on any atom is -0.496 e. The van der Waals surface area contributed by atoms with Gasteiger partial charge in [-0.05, 0) is 38.5 Å². The van der Waals surface area contributed by atoms with Crippen LogP contribution in [0.15, 0.2) is 18.2 Å². The van der Waals surface area contributed by atoms with E-state index in [1.807, 2.05) is 19.1 Å². The quantitative estimate of drug-likeness (QED) is 0.867. The van der Waals surface area contributed by atoms with Crippen LogP contribution in [0.2, 0.25) is 0 Å². The summed E-state index contributed by atoms with van der Waals surface area (Å²) in [6.07, 6.45) is 0. The molecule has 0 radical (unpaired) electrons. The van der Waals surface area contributed by atoms with Crippen molar-refractivity contribution in [2.24, 2.45) is 0 Å². The zero-order valence-electron chi connectivity index (χ0n) is 10.5. The van der Waals surface area contributed by atoms with E-state index >= 15 is 0 Å². The largest absolute Gasteiger partial charge is 0.496 e. The van der Waals surface area contributed by atoms with E-state index in [9.17, 15) is 4.79 Å². The molecule has 0 aliphatic heterocycles. The van der Waals surface area contributed by atoms with E-state index in [1.54, 1.807) is 33.1 Å². The van der Waals surface area contributed by atoms with Crippen LogP contribution in [-0.2, 0) is 0 Å². The number of nitrogens with one attached hydrogen (secondary N) is 1. The summed E-state index contributed by atoms with van der Waals surface area (Å²) in [7, 11) is 1.56. The molecule has 0 saturated heterocycles. The van der Waals surface area contributed by atoms with E-state index in [-0.39, 0.29) is 5.91 Å². The second-order valence-electron chi connectivity index (χ2n) is 4.38. The lowest BCUT2D eigenvalue weighted by Gasteiger charge is -2.17. The summed E-state index contributed by atoms with van der Waals surface area (Å²) < 4.78 is 5.15. The van der Waals surface area contributed by atoms with Gasteiger partial charge in [0.25, 0.3) is 5.91 Å². The molecular weight excluding hydrogens is 216 g/mol. The maximum absolute atomic E-state index is 11.9. The van der Waals surface area contributed by atoms with Gasteiger partial charge in [0.15, 0.2) is 0 Å². The minimum absolute atomic E-state index is 0.283. The fraction of sp³-hybridized carbons (Fsp3) is 0.385. The first-order valence-electron chi connectivity index (χ1n) is 5.28. The third-order valence-electron chi connectivity index (χ3n) is 2.38. The van der Waals surface area contributed by atoms with Crippen LogP contribution in [0.1, 0.15) is 29.8 Å². The zero-order chi connectivity index (χ0) is 13.1. The Balaban J connectivity index is 2.95. The lowest BCUT2D eigenvalue weighted by molar-refractivity contribution is 0.0929. The average molecular weight is 232 g/mol. The highest BCUT2D eigenvalue weighted by Crippen LogP contribution is 2.19. The van der Waals surface area contributed by atoms with Gasteiger partial charge in [0, 0.05) is 5.56 Å². The van der Waals surface area contributed by atoms with Crippen LogP contribution >= 0.6 is 0 Å². The monoisotopic (exact) mass is 232 g/mol. The number of carbonyl (C=O) groups excluding carboxylic acids is 1. The fourth-order valence-electron chi connectivity index (χ4n) is 1.35. The fourth-order valence-corrected chi connectivity index (χ4v) is 1.35. The van der Waals surface area contributed by atoms with Crippen molar-refractivity contribution in [2.45, 2.75) is 26.3 Å². The Kier molecular flexibility index (Phi) is 3.74. The molecule has 90 valence electrons. The molecule has 0 unspecified atom stereocenters. The molecule has 4 heteroatoms. The van der Waals surface area contributed by atoms with Crippen LogP contribution in [-0.4, -0.2) is 18.6 Å². The average Bonchev–Trinajstić information content (AvgIpc) is 2.29. The van der Waals surface area contributed by atoms with Crippen LogP contribution in [0.5, 0.6) is 5.75 Å². The number of rotatable bonds is 3. The molecule has 0 spiro atoms. The van der Waals surface area contributed by atoms with E-state index < -0.39 is 5.54 Å². The predicted molar refractivity (Wildman–Crippen MR) is 64.9 cm³/mol. The van der Waals surface area contributed by atoms with Gasteiger partial charge in [-0.15, -0.1) is 0 Å². The SMILES string of the molecule is COc1cc(C(=O)NC(C)(C)C#N)ccc1C. The minimum atomic E-state index is -0.880. The van der Waals surface area contributed by atoms with Gasteiger partial charge in [-0.2, -0.15) is 5.26 Å². The van der Waals surface area contributed by atoms with Gasteiger partial charge in [-0.25, -0.2) is 0 Å².